The Labute approximate surface area is 99.3 Å². The van der Waals surface area contributed by atoms with Crippen molar-refractivity contribution in [3.63, 3.8) is 0 Å². The van der Waals surface area contributed by atoms with Crippen LogP contribution in [0, 0.1) is 0 Å². The zero-order valence-corrected chi connectivity index (χ0v) is 9.48. The van der Waals surface area contributed by atoms with E-state index >= 15 is 0 Å². The smallest absolute Gasteiger partial charge is 0.395 e. The van der Waals surface area contributed by atoms with Crippen LogP contribution in [-0.4, -0.2) is 58.8 Å². The van der Waals surface area contributed by atoms with Crippen LogP contribution >= 0.6 is 11.8 Å². The number of carbonyl (C=O) groups excluding carboxylic acids is 2. The van der Waals surface area contributed by atoms with Crippen LogP contribution in [0.3, 0.4) is 0 Å². The van der Waals surface area contributed by atoms with Crippen molar-refractivity contribution in [1.82, 2.24) is 10.2 Å². The van der Waals surface area contributed by atoms with E-state index in [1.165, 1.54) is 0 Å². The fraction of sp³-hybridized carbons (Fsp3) is 0.750. The Morgan fingerprint density at radius 1 is 1.59 bits per heavy atom. The van der Waals surface area contributed by atoms with Crippen LogP contribution in [0.5, 0.6) is 0 Å². The Kier molecular flexibility index (Phi) is 4.63. The van der Waals surface area contributed by atoms with Gasteiger partial charge in [-0.2, -0.15) is 13.2 Å². The molecule has 0 spiro atoms. The molecule has 0 saturated carbocycles. The summed E-state index contributed by atoms with van der Waals surface area (Å²) >= 11 is 0.846. The van der Waals surface area contributed by atoms with Crippen LogP contribution in [0.4, 0.5) is 18.0 Å². The van der Waals surface area contributed by atoms with Gasteiger partial charge in [-0.1, -0.05) is 11.8 Å². The van der Waals surface area contributed by atoms with Crippen LogP contribution < -0.4 is 5.32 Å². The van der Waals surface area contributed by atoms with E-state index < -0.39 is 43.1 Å². The number of halogens is 3. The lowest BCUT2D eigenvalue weighted by Gasteiger charge is -2.25. The maximum Gasteiger partial charge on any atom is 0.406 e. The minimum atomic E-state index is -4.53. The summed E-state index contributed by atoms with van der Waals surface area (Å²) in [6.45, 7) is -2.39. The molecule has 98 valence electrons. The SMILES string of the molecule is O=C1NC(C(=O)N(CCO)CC(F)(F)F)CS1. The third-order valence-electron chi connectivity index (χ3n) is 2.02. The van der Waals surface area contributed by atoms with Crippen LogP contribution in [0.1, 0.15) is 0 Å². The monoisotopic (exact) mass is 272 g/mol. The second-order valence-electron chi connectivity index (χ2n) is 3.39. The number of nitrogens with one attached hydrogen (secondary N) is 1. The first-order chi connectivity index (χ1) is 7.83. The van der Waals surface area contributed by atoms with Crippen LogP contribution in [0.2, 0.25) is 0 Å². The summed E-state index contributed by atoms with van der Waals surface area (Å²) in [6, 6.07) is -0.943. The Morgan fingerprint density at radius 3 is 2.65 bits per heavy atom. The van der Waals surface area contributed by atoms with Crippen molar-refractivity contribution in [1.29, 1.82) is 0 Å². The van der Waals surface area contributed by atoms with Gasteiger partial charge >= 0.3 is 6.18 Å². The predicted octanol–water partition coefficient (Wildman–Crippen LogP) is 0.195. The van der Waals surface area contributed by atoms with Gasteiger partial charge in [-0.3, -0.25) is 9.59 Å². The van der Waals surface area contributed by atoms with Gasteiger partial charge in [-0.15, -0.1) is 0 Å². The van der Waals surface area contributed by atoms with Crippen molar-refractivity contribution in [2.75, 3.05) is 25.4 Å². The maximum atomic E-state index is 12.2. The average Bonchev–Trinajstić information content (AvgIpc) is 2.61. The Balaban J connectivity index is 2.63. The van der Waals surface area contributed by atoms with E-state index in [-0.39, 0.29) is 5.75 Å². The molecule has 1 atom stereocenters. The number of carbonyl (C=O) groups is 2. The topological polar surface area (TPSA) is 69.6 Å². The molecule has 17 heavy (non-hydrogen) atoms. The van der Waals surface area contributed by atoms with E-state index in [9.17, 15) is 22.8 Å². The highest BCUT2D eigenvalue weighted by molar-refractivity contribution is 8.14. The highest BCUT2D eigenvalue weighted by Gasteiger charge is 2.37. The van der Waals surface area contributed by atoms with Gasteiger partial charge in [-0.05, 0) is 0 Å². The van der Waals surface area contributed by atoms with Crippen LogP contribution in [0.25, 0.3) is 0 Å². The third kappa shape index (κ3) is 4.43. The molecule has 1 heterocycles. The number of amides is 2. The zero-order valence-electron chi connectivity index (χ0n) is 8.66. The molecule has 9 heteroatoms. The molecule has 0 aromatic heterocycles. The van der Waals surface area contributed by atoms with E-state index in [1.54, 1.807) is 0 Å². The summed E-state index contributed by atoms with van der Waals surface area (Å²) in [5, 5.41) is 10.5. The highest BCUT2D eigenvalue weighted by atomic mass is 32.2. The van der Waals surface area contributed by atoms with Gasteiger partial charge in [0.15, 0.2) is 0 Å². The summed E-state index contributed by atoms with van der Waals surface area (Å²) < 4.78 is 36.6. The number of rotatable bonds is 4. The third-order valence-corrected chi connectivity index (χ3v) is 2.90. The van der Waals surface area contributed by atoms with E-state index in [2.05, 4.69) is 5.32 Å². The maximum absolute atomic E-state index is 12.2. The molecule has 1 unspecified atom stereocenters. The molecule has 1 saturated heterocycles. The van der Waals surface area contributed by atoms with Crippen molar-refractivity contribution in [2.24, 2.45) is 0 Å². The lowest BCUT2D eigenvalue weighted by molar-refractivity contribution is -0.162. The molecule has 0 aromatic rings. The molecule has 2 N–H and O–H groups in total. The van der Waals surface area contributed by atoms with Gasteiger partial charge in [-0.25, -0.2) is 0 Å². The molecule has 0 bridgehead atoms. The zero-order chi connectivity index (χ0) is 13.1. The lowest BCUT2D eigenvalue weighted by atomic mass is 10.3. The quantitative estimate of drug-likeness (QED) is 0.767. The van der Waals surface area contributed by atoms with Crippen molar-refractivity contribution in [3.8, 4) is 0 Å². The fourth-order valence-corrected chi connectivity index (χ4v) is 2.11. The molecule has 1 aliphatic rings. The molecule has 0 aliphatic carbocycles. The van der Waals surface area contributed by atoms with Crippen LogP contribution in [-0.2, 0) is 4.79 Å². The predicted molar refractivity (Wildman–Crippen MR) is 54.5 cm³/mol. The number of hydrogen-bond acceptors (Lipinski definition) is 4. The lowest BCUT2D eigenvalue weighted by Crippen LogP contribution is -2.49. The summed E-state index contributed by atoms with van der Waals surface area (Å²) in [5.74, 6) is -0.716. The highest BCUT2D eigenvalue weighted by Crippen LogP contribution is 2.19. The molecule has 0 aromatic carbocycles. The van der Waals surface area contributed by atoms with E-state index in [1.807, 2.05) is 0 Å². The van der Waals surface area contributed by atoms with Gasteiger partial charge in [0.25, 0.3) is 5.24 Å². The first-order valence-electron chi connectivity index (χ1n) is 4.73. The van der Waals surface area contributed by atoms with Gasteiger partial charge < -0.3 is 15.3 Å². The van der Waals surface area contributed by atoms with E-state index in [4.69, 9.17) is 5.11 Å². The minimum absolute atomic E-state index is 0.109. The largest absolute Gasteiger partial charge is 0.406 e. The number of thioether (sulfide) groups is 1. The molecule has 1 rings (SSSR count). The molecular weight excluding hydrogens is 261 g/mol. The van der Waals surface area contributed by atoms with Gasteiger partial charge in [0, 0.05) is 12.3 Å². The van der Waals surface area contributed by atoms with E-state index in [0.29, 0.717) is 4.90 Å². The first-order valence-corrected chi connectivity index (χ1v) is 5.72. The van der Waals surface area contributed by atoms with Crippen molar-refractivity contribution < 1.29 is 27.9 Å². The Hall–Kier alpha value is -0.960. The number of aliphatic hydroxyl groups is 1. The molecule has 0 radical (unpaired) electrons. The second kappa shape index (κ2) is 5.58. The normalized spacial score (nSPS) is 20.2. The van der Waals surface area contributed by atoms with Crippen molar-refractivity contribution in [3.05, 3.63) is 0 Å². The standard InChI is InChI=1S/C8H11F3N2O3S/c9-8(10,11)4-13(1-2-14)6(15)5-3-17-7(16)12-5/h5,14H,1-4H2,(H,12,16). The fourth-order valence-electron chi connectivity index (χ4n) is 1.34. The van der Waals surface area contributed by atoms with Crippen molar-refractivity contribution >= 4 is 22.9 Å². The molecule has 1 fully saturated rings. The van der Waals surface area contributed by atoms with Gasteiger partial charge in [0.05, 0.1) is 6.61 Å². The summed E-state index contributed by atoms with van der Waals surface area (Å²) in [6.07, 6.45) is -4.53. The Bertz CT molecular complexity index is 311. The second-order valence-corrected chi connectivity index (χ2v) is 4.39. The summed E-state index contributed by atoms with van der Waals surface area (Å²) in [4.78, 5) is 23.0. The number of aliphatic hydroxyl groups excluding tert-OH is 1. The van der Waals surface area contributed by atoms with Gasteiger partial charge in [0.1, 0.15) is 12.6 Å². The number of hydrogen-bond donors (Lipinski definition) is 2. The Morgan fingerprint density at radius 2 is 2.24 bits per heavy atom. The number of nitrogens with zero attached hydrogens (tertiary/aromatic N) is 1. The van der Waals surface area contributed by atoms with Crippen molar-refractivity contribution in [2.45, 2.75) is 12.2 Å². The minimum Gasteiger partial charge on any atom is -0.395 e. The number of alkyl halides is 3. The van der Waals surface area contributed by atoms with E-state index in [0.717, 1.165) is 11.8 Å². The molecular formula is C8H11F3N2O3S. The molecule has 5 nitrogen and oxygen atoms in total. The summed E-state index contributed by atoms with van der Waals surface area (Å²) in [5.41, 5.74) is 0. The van der Waals surface area contributed by atoms with Crippen LogP contribution in [0.15, 0.2) is 0 Å². The molecule has 1 aliphatic heterocycles. The molecule has 2 amide bonds. The summed E-state index contributed by atoms with van der Waals surface area (Å²) in [7, 11) is 0. The van der Waals surface area contributed by atoms with Gasteiger partial charge in [0.2, 0.25) is 5.91 Å². The first kappa shape index (κ1) is 14.1. The average molecular weight is 272 g/mol.